The van der Waals surface area contributed by atoms with Gasteiger partial charge in [-0.1, -0.05) is 60.7 Å². The Morgan fingerprint density at radius 1 is 0.952 bits per heavy atom. The molecule has 0 aliphatic carbocycles. The minimum Gasteiger partial charge on any atom is -0.504 e. The van der Waals surface area contributed by atoms with Gasteiger partial charge < -0.3 is 9.47 Å². The molecule has 2 aromatic rings. The Bertz CT molecular complexity index is 643. The quantitative estimate of drug-likeness (QED) is 0.274. The lowest BCUT2D eigenvalue weighted by Gasteiger charge is -2.05. The molecule has 2 aromatic carbocycles. The van der Waals surface area contributed by atoms with E-state index < -0.39 is 5.97 Å². The van der Waals surface area contributed by atoms with Gasteiger partial charge in [0.15, 0.2) is 0 Å². The van der Waals surface area contributed by atoms with Crippen LogP contribution in [0.3, 0.4) is 0 Å². The maximum Gasteiger partial charge on any atom is 0.339 e. The van der Waals surface area contributed by atoms with Crippen molar-refractivity contribution in [1.29, 1.82) is 0 Å². The van der Waals surface area contributed by atoms with Crippen molar-refractivity contribution >= 4 is 18.1 Å². The molecule has 0 bridgehead atoms. The van der Waals surface area contributed by atoms with Crippen LogP contribution in [0.4, 0.5) is 0 Å². The number of esters is 1. The second-order valence-electron chi connectivity index (χ2n) is 4.24. The number of rotatable bonds is 5. The number of hydrogen-bond donors (Lipinski definition) is 0. The van der Waals surface area contributed by atoms with Gasteiger partial charge in [0.05, 0.1) is 19.4 Å². The molecular weight excluding hydrogens is 264 g/mol. The highest BCUT2D eigenvalue weighted by molar-refractivity contribution is 5.85. The van der Waals surface area contributed by atoms with Crippen molar-refractivity contribution in [3.63, 3.8) is 0 Å². The first-order chi connectivity index (χ1) is 10.3. The summed E-state index contributed by atoms with van der Waals surface area (Å²) in [7, 11) is 1.47. The molecule has 0 aromatic heterocycles. The summed E-state index contributed by atoms with van der Waals surface area (Å²) in [5.41, 5.74) is 1.92. The van der Waals surface area contributed by atoms with Gasteiger partial charge in [-0.05, 0) is 11.6 Å². The minimum atomic E-state index is -0.475. The summed E-state index contributed by atoms with van der Waals surface area (Å²) in [6.07, 6.45) is 6.40. The number of methoxy groups -OCH3 is 1. The summed E-state index contributed by atoms with van der Waals surface area (Å²) in [5, 5.41) is 0. The molecule has 21 heavy (non-hydrogen) atoms. The minimum absolute atomic E-state index is 0.475. The maximum atomic E-state index is 11.6. The van der Waals surface area contributed by atoms with Crippen molar-refractivity contribution in [3.8, 4) is 5.75 Å². The molecule has 0 fully saturated rings. The van der Waals surface area contributed by atoms with Gasteiger partial charge in [0.2, 0.25) is 0 Å². The van der Waals surface area contributed by atoms with Crippen molar-refractivity contribution in [2.45, 2.75) is 0 Å². The smallest absolute Gasteiger partial charge is 0.339 e. The number of carbonyl (C=O) groups is 1. The Morgan fingerprint density at radius 3 is 2.43 bits per heavy atom. The largest absolute Gasteiger partial charge is 0.504 e. The van der Waals surface area contributed by atoms with Gasteiger partial charge in [-0.15, -0.1) is 0 Å². The van der Waals surface area contributed by atoms with E-state index in [1.54, 1.807) is 6.07 Å². The van der Waals surface area contributed by atoms with Gasteiger partial charge in [0.1, 0.15) is 5.75 Å². The zero-order valence-corrected chi connectivity index (χ0v) is 11.7. The van der Waals surface area contributed by atoms with Crippen LogP contribution in [0.25, 0.3) is 12.2 Å². The zero-order chi connectivity index (χ0) is 14.9. The lowest BCUT2D eigenvalue weighted by Crippen LogP contribution is -2.04. The fourth-order valence-electron chi connectivity index (χ4n) is 1.73. The van der Waals surface area contributed by atoms with E-state index in [1.807, 2.05) is 60.7 Å². The van der Waals surface area contributed by atoms with Crippen LogP contribution >= 0.6 is 0 Å². The van der Waals surface area contributed by atoms with Crippen LogP contribution in [0, 0.1) is 0 Å². The Labute approximate surface area is 124 Å². The van der Waals surface area contributed by atoms with Gasteiger partial charge in [-0.2, -0.15) is 0 Å². The number of ether oxygens (including phenoxy) is 2. The highest BCUT2D eigenvalue weighted by Crippen LogP contribution is 2.21. The van der Waals surface area contributed by atoms with Crippen molar-refractivity contribution in [1.82, 2.24) is 0 Å². The molecule has 0 heterocycles. The van der Waals surface area contributed by atoms with Gasteiger partial charge >= 0.3 is 5.97 Å². The van der Waals surface area contributed by atoms with E-state index in [2.05, 4.69) is 0 Å². The highest BCUT2D eigenvalue weighted by atomic mass is 16.5. The third-order valence-electron chi connectivity index (χ3n) is 2.72. The third-order valence-corrected chi connectivity index (χ3v) is 2.72. The van der Waals surface area contributed by atoms with E-state index in [0.717, 1.165) is 11.1 Å². The lowest BCUT2D eigenvalue weighted by molar-refractivity contribution is -0.129. The number of benzene rings is 2. The van der Waals surface area contributed by atoms with Crippen LogP contribution < -0.4 is 4.74 Å². The molecule has 0 amide bonds. The molecule has 2 rings (SSSR count). The average molecular weight is 280 g/mol. The van der Waals surface area contributed by atoms with E-state index >= 15 is 0 Å². The first kappa shape index (κ1) is 14.6. The fourth-order valence-corrected chi connectivity index (χ4v) is 1.73. The average Bonchev–Trinajstić information content (AvgIpc) is 2.53. The Balaban J connectivity index is 2.15. The predicted octanol–water partition coefficient (Wildman–Crippen LogP) is 3.92. The molecule has 3 nitrogen and oxygen atoms in total. The summed E-state index contributed by atoms with van der Waals surface area (Å²) in [6, 6.07) is 17.3. The van der Waals surface area contributed by atoms with E-state index in [9.17, 15) is 4.79 Å². The highest BCUT2D eigenvalue weighted by Gasteiger charge is 2.04. The van der Waals surface area contributed by atoms with E-state index in [0.29, 0.717) is 5.75 Å². The van der Waals surface area contributed by atoms with E-state index in [4.69, 9.17) is 9.47 Å². The van der Waals surface area contributed by atoms with E-state index in [1.165, 1.54) is 19.4 Å². The fraction of sp³-hybridized carbons (Fsp3) is 0.0556. The number of carbonyl (C=O) groups excluding carboxylic acids is 1. The van der Waals surface area contributed by atoms with Gasteiger partial charge in [-0.25, -0.2) is 4.79 Å². The Morgan fingerprint density at radius 2 is 1.67 bits per heavy atom. The Hall–Kier alpha value is -2.81. The molecule has 0 N–H and O–H groups in total. The monoisotopic (exact) mass is 280 g/mol. The zero-order valence-electron chi connectivity index (χ0n) is 11.7. The third kappa shape index (κ3) is 4.66. The second-order valence-corrected chi connectivity index (χ2v) is 4.24. The van der Waals surface area contributed by atoms with E-state index in [-0.39, 0.29) is 0 Å². The standard InChI is InChI=1S/C18H16O3/c1-20-14-13-18(19)21-17-10-6-5-9-16(17)12-11-15-7-3-2-4-8-15/h2-14H,1H3. The SMILES string of the molecule is COC=CC(=O)Oc1ccccc1C=Cc1ccccc1. The predicted molar refractivity (Wildman–Crippen MR) is 83.6 cm³/mol. The first-order valence-corrected chi connectivity index (χ1v) is 6.53. The van der Waals surface area contributed by atoms with Crippen LogP contribution in [-0.2, 0) is 9.53 Å². The summed E-state index contributed by atoms with van der Waals surface area (Å²) < 4.78 is 9.97. The maximum absolute atomic E-state index is 11.6. The summed E-state index contributed by atoms with van der Waals surface area (Å²) >= 11 is 0. The molecule has 0 atom stereocenters. The Kier molecular flexibility index (Phi) is 5.35. The van der Waals surface area contributed by atoms with Crippen molar-refractivity contribution in [2.75, 3.05) is 7.11 Å². The number of hydrogen-bond acceptors (Lipinski definition) is 3. The number of para-hydroxylation sites is 1. The molecule has 0 saturated carbocycles. The normalized spacial score (nSPS) is 10.9. The van der Waals surface area contributed by atoms with Gasteiger partial charge in [-0.3, -0.25) is 0 Å². The molecule has 0 aliphatic rings. The summed E-state index contributed by atoms with van der Waals surface area (Å²) in [4.78, 5) is 11.6. The topological polar surface area (TPSA) is 35.5 Å². The molecule has 0 radical (unpaired) electrons. The van der Waals surface area contributed by atoms with Gasteiger partial charge in [0, 0.05) is 5.56 Å². The van der Waals surface area contributed by atoms with Gasteiger partial charge in [0.25, 0.3) is 0 Å². The molecule has 0 aliphatic heterocycles. The molecule has 0 spiro atoms. The van der Waals surface area contributed by atoms with Crippen LogP contribution in [0.5, 0.6) is 5.75 Å². The molecule has 106 valence electrons. The van der Waals surface area contributed by atoms with Crippen molar-refractivity contribution in [3.05, 3.63) is 78.1 Å². The lowest BCUT2D eigenvalue weighted by atomic mass is 10.1. The van der Waals surface area contributed by atoms with Crippen molar-refractivity contribution in [2.24, 2.45) is 0 Å². The van der Waals surface area contributed by atoms with Crippen LogP contribution in [-0.4, -0.2) is 13.1 Å². The van der Waals surface area contributed by atoms with Crippen LogP contribution in [0.1, 0.15) is 11.1 Å². The first-order valence-electron chi connectivity index (χ1n) is 6.53. The molecule has 3 heteroatoms. The van der Waals surface area contributed by atoms with Crippen LogP contribution in [0.15, 0.2) is 66.9 Å². The van der Waals surface area contributed by atoms with Crippen LogP contribution in [0.2, 0.25) is 0 Å². The summed E-state index contributed by atoms with van der Waals surface area (Å²) in [5.74, 6) is 0.0350. The molecule has 0 saturated heterocycles. The second kappa shape index (κ2) is 7.70. The molecular formula is C18H16O3. The summed E-state index contributed by atoms with van der Waals surface area (Å²) in [6.45, 7) is 0. The molecule has 0 unspecified atom stereocenters. The van der Waals surface area contributed by atoms with Crippen molar-refractivity contribution < 1.29 is 14.3 Å².